The number of likely N-dealkylation sites (tertiary alicyclic amines) is 1. The first-order valence-corrected chi connectivity index (χ1v) is 12.7. The minimum Gasteiger partial charge on any atom is -0.481 e. The Labute approximate surface area is 227 Å². The van der Waals surface area contributed by atoms with Gasteiger partial charge in [0, 0.05) is 25.3 Å². The minimum absolute atomic E-state index is 0.0699. The molecular formula is C27H37N3O9. The van der Waals surface area contributed by atoms with Crippen LogP contribution >= 0.6 is 0 Å². The first-order valence-electron chi connectivity index (χ1n) is 12.7. The highest BCUT2D eigenvalue weighted by molar-refractivity contribution is 6.00. The Morgan fingerprint density at radius 3 is 2.23 bits per heavy atom. The summed E-state index contributed by atoms with van der Waals surface area (Å²) < 4.78 is 10.6. The summed E-state index contributed by atoms with van der Waals surface area (Å²) in [6.45, 7) is 8.71. The van der Waals surface area contributed by atoms with E-state index in [2.05, 4.69) is 5.32 Å². The van der Waals surface area contributed by atoms with Crippen LogP contribution in [0.15, 0.2) is 41.6 Å². The first-order chi connectivity index (χ1) is 18.3. The zero-order valence-electron chi connectivity index (χ0n) is 22.8. The number of nitrogens with zero attached hydrogens (tertiary/aromatic N) is 2. The number of hydrogen-bond acceptors (Lipinski definition) is 8. The van der Waals surface area contributed by atoms with E-state index in [0.29, 0.717) is 43.9 Å². The number of rotatable bonds is 6. The van der Waals surface area contributed by atoms with E-state index in [-0.39, 0.29) is 31.6 Å². The lowest BCUT2D eigenvalue weighted by Gasteiger charge is -2.32. The second-order valence-corrected chi connectivity index (χ2v) is 10.0. The molecule has 1 aromatic rings. The number of carboxylic acids is 1. The molecule has 3 N–H and O–H groups in total. The van der Waals surface area contributed by atoms with Crippen molar-refractivity contribution in [1.29, 1.82) is 0 Å². The van der Waals surface area contributed by atoms with Crippen LogP contribution in [-0.4, -0.2) is 88.3 Å². The van der Waals surface area contributed by atoms with Crippen molar-refractivity contribution in [2.75, 3.05) is 32.8 Å². The number of amides is 2. The number of ketones is 1. The summed E-state index contributed by atoms with van der Waals surface area (Å²) in [6.07, 6.45) is -1.05. The van der Waals surface area contributed by atoms with Crippen LogP contribution in [0.4, 0.5) is 9.59 Å². The number of carbonyl (C=O) groups excluding carboxylic acids is 3. The lowest BCUT2D eigenvalue weighted by atomic mass is 9.96. The Bertz CT molecular complexity index is 1080. The number of ether oxygens (including phenoxy) is 2. The number of carboxylic acid groups (broad SMARTS) is 2. The average Bonchev–Trinajstić information content (AvgIpc) is 2.87. The molecule has 1 fully saturated rings. The third kappa shape index (κ3) is 9.95. The van der Waals surface area contributed by atoms with Crippen LogP contribution in [0.25, 0.3) is 0 Å². The molecule has 0 spiro atoms. The van der Waals surface area contributed by atoms with Gasteiger partial charge >= 0.3 is 24.1 Å². The summed E-state index contributed by atoms with van der Waals surface area (Å²) in [6, 6.07) is 9.90. The molecule has 3 rings (SSSR count). The van der Waals surface area contributed by atoms with E-state index in [1.165, 1.54) is 0 Å². The maximum Gasteiger partial charge on any atom is 0.410 e. The molecule has 39 heavy (non-hydrogen) atoms. The van der Waals surface area contributed by atoms with E-state index in [4.69, 9.17) is 19.7 Å². The van der Waals surface area contributed by atoms with Gasteiger partial charge in [0.2, 0.25) is 0 Å². The highest BCUT2D eigenvalue weighted by Gasteiger charge is 2.34. The molecule has 2 aliphatic heterocycles. The molecule has 0 radical (unpaired) electrons. The Morgan fingerprint density at radius 2 is 1.69 bits per heavy atom. The van der Waals surface area contributed by atoms with E-state index in [9.17, 15) is 24.0 Å². The van der Waals surface area contributed by atoms with Gasteiger partial charge < -0.3 is 34.8 Å². The highest BCUT2D eigenvalue weighted by Crippen LogP contribution is 2.21. The van der Waals surface area contributed by atoms with Crippen LogP contribution in [0.2, 0.25) is 0 Å². The Kier molecular flexibility index (Phi) is 11.3. The van der Waals surface area contributed by atoms with Gasteiger partial charge in [-0.2, -0.15) is 0 Å². The van der Waals surface area contributed by atoms with Crippen molar-refractivity contribution in [2.45, 2.75) is 52.7 Å². The van der Waals surface area contributed by atoms with Crippen LogP contribution in [0.3, 0.4) is 0 Å². The van der Waals surface area contributed by atoms with Gasteiger partial charge in [-0.25, -0.2) is 14.4 Å². The molecule has 2 heterocycles. The number of nitrogens with one attached hydrogen (secondary N) is 1. The monoisotopic (exact) mass is 547 g/mol. The maximum atomic E-state index is 12.4. The van der Waals surface area contributed by atoms with Crippen molar-refractivity contribution in [3.05, 3.63) is 47.2 Å². The summed E-state index contributed by atoms with van der Waals surface area (Å²) in [5.41, 5.74) is 1.85. The predicted octanol–water partition coefficient (Wildman–Crippen LogP) is 2.87. The van der Waals surface area contributed by atoms with Crippen molar-refractivity contribution >= 4 is 29.9 Å². The molecule has 0 aromatic heterocycles. The molecule has 12 heteroatoms. The van der Waals surface area contributed by atoms with Crippen molar-refractivity contribution < 1.29 is 43.7 Å². The average molecular weight is 548 g/mol. The molecule has 1 unspecified atom stereocenters. The number of aliphatic carboxylic acids is 1. The molecule has 1 aromatic carbocycles. The smallest absolute Gasteiger partial charge is 0.410 e. The number of piperidine rings is 1. The van der Waals surface area contributed by atoms with Gasteiger partial charge in [-0.3, -0.25) is 9.59 Å². The van der Waals surface area contributed by atoms with Crippen LogP contribution in [-0.2, 0) is 30.4 Å². The summed E-state index contributed by atoms with van der Waals surface area (Å²) in [5.74, 6) is -3.07. The molecular weight excluding hydrogens is 510 g/mol. The Morgan fingerprint density at radius 1 is 1.03 bits per heavy atom. The second-order valence-electron chi connectivity index (χ2n) is 10.0. The number of benzene rings is 1. The van der Waals surface area contributed by atoms with Crippen LogP contribution in [0.1, 0.15) is 46.1 Å². The lowest BCUT2D eigenvalue weighted by Crippen LogP contribution is -2.45. The van der Waals surface area contributed by atoms with E-state index >= 15 is 0 Å². The third-order valence-electron chi connectivity index (χ3n) is 5.86. The van der Waals surface area contributed by atoms with E-state index < -0.39 is 29.4 Å². The number of hydrogen-bond donors (Lipinski definition) is 3. The largest absolute Gasteiger partial charge is 0.481 e. The molecule has 0 saturated carbocycles. The minimum atomic E-state index is -1.18. The summed E-state index contributed by atoms with van der Waals surface area (Å²) >= 11 is 0. The molecule has 214 valence electrons. The molecule has 1 saturated heterocycles. The van der Waals surface area contributed by atoms with Crippen molar-refractivity contribution in [1.82, 2.24) is 15.1 Å². The van der Waals surface area contributed by atoms with Gasteiger partial charge in [-0.05, 0) is 46.1 Å². The fraction of sp³-hybridized carbons (Fsp3) is 0.519. The quantitative estimate of drug-likeness (QED) is 0.356. The van der Waals surface area contributed by atoms with Gasteiger partial charge in [0.05, 0.1) is 25.3 Å². The lowest BCUT2D eigenvalue weighted by molar-refractivity contribution is -0.148. The van der Waals surface area contributed by atoms with Crippen molar-refractivity contribution in [3.63, 3.8) is 0 Å². The van der Waals surface area contributed by atoms with E-state index in [0.717, 1.165) is 10.5 Å². The fourth-order valence-corrected chi connectivity index (χ4v) is 3.90. The molecule has 2 amide bonds. The van der Waals surface area contributed by atoms with E-state index in [1.807, 2.05) is 51.1 Å². The Balaban J connectivity index is 0.000000344. The second kappa shape index (κ2) is 14.2. The standard InChI is InChI=1S/C20H28N2O4.C7H9NO5/c1-5-25-18(23)16-11-12-22(19(24)26-20(2,3)4)14-17(16)21-13-15-9-7-6-8-10-15;9-5-3-8(7(12)13)2-1-4(5)6(10)11/h6-10,21H,5,11-14H2,1-4H3;4H,1-3H2,(H,10,11)(H,12,13). The highest BCUT2D eigenvalue weighted by atomic mass is 16.6. The van der Waals surface area contributed by atoms with Crippen molar-refractivity contribution in [3.8, 4) is 0 Å². The van der Waals surface area contributed by atoms with Crippen LogP contribution in [0.5, 0.6) is 0 Å². The molecule has 12 nitrogen and oxygen atoms in total. The molecule has 0 aliphatic carbocycles. The van der Waals surface area contributed by atoms with Crippen molar-refractivity contribution in [2.24, 2.45) is 5.92 Å². The molecule has 1 atom stereocenters. The summed E-state index contributed by atoms with van der Waals surface area (Å²) in [5, 5.41) is 20.4. The maximum absolute atomic E-state index is 12.4. The normalized spacial score (nSPS) is 17.5. The topological polar surface area (TPSA) is 163 Å². The number of esters is 1. The first kappa shape index (κ1) is 31.1. The third-order valence-corrected chi connectivity index (χ3v) is 5.86. The van der Waals surface area contributed by atoms with Gasteiger partial charge in [0.15, 0.2) is 5.78 Å². The SMILES string of the molecule is CCOC(=O)C1=C(NCc2ccccc2)CN(C(=O)OC(C)(C)C)CC1.O=C(O)C1CCN(C(=O)O)CC1=O. The van der Waals surface area contributed by atoms with Crippen LogP contribution < -0.4 is 5.32 Å². The predicted molar refractivity (Wildman–Crippen MR) is 140 cm³/mol. The summed E-state index contributed by atoms with van der Waals surface area (Å²) in [4.78, 5) is 59.1. The van der Waals surface area contributed by atoms with Crippen LogP contribution in [0, 0.1) is 5.92 Å². The summed E-state index contributed by atoms with van der Waals surface area (Å²) in [7, 11) is 0. The number of carbonyl (C=O) groups is 5. The Hall–Kier alpha value is -4.09. The van der Waals surface area contributed by atoms with E-state index in [1.54, 1.807) is 11.8 Å². The van der Waals surface area contributed by atoms with Gasteiger partial charge in [-0.15, -0.1) is 0 Å². The molecule has 0 bridgehead atoms. The fourth-order valence-electron chi connectivity index (χ4n) is 3.90. The van der Waals surface area contributed by atoms with Gasteiger partial charge in [0.1, 0.15) is 11.5 Å². The molecule has 2 aliphatic rings. The van der Waals surface area contributed by atoms with Gasteiger partial charge in [-0.1, -0.05) is 30.3 Å². The van der Waals surface area contributed by atoms with Gasteiger partial charge in [0.25, 0.3) is 0 Å². The zero-order valence-corrected chi connectivity index (χ0v) is 22.8. The number of Topliss-reactive ketones (excluding diaryl/α,β-unsaturated/α-hetero) is 1. The zero-order chi connectivity index (χ0) is 29.2.